The summed E-state index contributed by atoms with van der Waals surface area (Å²) in [6, 6.07) is 65.4. The average molecular weight is 765 g/mol. The molecule has 1 atom stereocenters. The fraction of sp³-hybridized carbons (Fsp3) is 0.0196. The van der Waals surface area contributed by atoms with E-state index in [0.717, 1.165) is 34.0 Å². The summed E-state index contributed by atoms with van der Waals surface area (Å²) < 4.78 is 7.44. The molecule has 0 spiro atoms. The third-order valence-corrected chi connectivity index (χ3v) is 13.6. The summed E-state index contributed by atoms with van der Waals surface area (Å²) in [6.07, 6.45) is -0.308. The van der Waals surface area contributed by atoms with Gasteiger partial charge < -0.3 is 9.88 Å². The maximum atomic E-state index is 5.38. The van der Waals surface area contributed by atoms with Gasteiger partial charge in [-0.3, -0.25) is 0 Å². The molecule has 12 rings (SSSR count). The van der Waals surface area contributed by atoms with Crippen molar-refractivity contribution >= 4 is 96.5 Å². The number of nitrogens with zero attached hydrogens (tertiary/aromatic N) is 3. The van der Waals surface area contributed by atoms with Gasteiger partial charge in [0.05, 0.1) is 11.0 Å². The molecule has 1 aliphatic heterocycles. The predicted octanol–water partition coefficient (Wildman–Crippen LogP) is 13.7. The average Bonchev–Trinajstić information content (AvgIpc) is 3.96. The molecule has 0 amide bonds. The maximum absolute atomic E-state index is 5.38. The van der Waals surface area contributed by atoms with Gasteiger partial charge in [-0.25, -0.2) is 9.98 Å². The molecule has 6 heteroatoms. The zero-order chi connectivity index (χ0) is 37.5. The largest absolute Gasteiger partial charge is 0.344 e. The second-order valence-electron chi connectivity index (χ2n) is 14.5. The van der Waals surface area contributed by atoms with Gasteiger partial charge in [0.2, 0.25) is 0 Å². The van der Waals surface area contributed by atoms with Crippen molar-refractivity contribution in [3.8, 4) is 16.8 Å². The van der Waals surface area contributed by atoms with Gasteiger partial charge in [0.15, 0.2) is 5.84 Å². The molecule has 1 N–H and O–H groups in total. The van der Waals surface area contributed by atoms with Crippen molar-refractivity contribution in [3.63, 3.8) is 0 Å². The van der Waals surface area contributed by atoms with E-state index < -0.39 is 0 Å². The Morgan fingerprint density at radius 1 is 0.474 bits per heavy atom. The first-order chi connectivity index (χ1) is 28.3. The normalized spacial score (nSPS) is 14.5. The number of aliphatic imine (C=N–C) groups is 2. The van der Waals surface area contributed by atoms with Gasteiger partial charge in [-0.05, 0) is 48.0 Å². The molecule has 0 fully saturated rings. The lowest BCUT2D eigenvalue weighted by molar-refractivity contribution is 0.680. The fourth-order valence-electron chi connectivity index (χ4n) is 8.76. The van der Waals surface area contributed by atoms with E-state index in [4.69, 9.17) is 9.98 Å². The van der Waals surface area contributed by atoms with Crippen LogP contribution in [0.2, 0.25) is 0 Å². The molecule has 0 saturated carbocycles. The van der Waals surface area contributed by atoms with Gasteiger partial charge in [-0.1, -0.05) is 140 Å². The number of nitrogens with one attached hydrogen (secondary N) is 1. The number of rotatable bonds is 5. The van der Waals surface area contributed by atoms with E-state index in [1.54, 1.807) is 0 Å². The topological polar surface area (TPSA) is 41.7 Å². The van der Waals surface area contributed by atoms with Crippen molar-refractivity contribution in [2.75, 3.05) is 0 Å². The molecule has 1 unspecified atom stereocenters. The number of amidine groups is 2. The minimum Gasteiger partial charge on any atom is -0.344 e. The molecule has 0 radical (unpaired) electrons. The van der Waals surface area contributed by atoms with E-state index >= 15 is 0 Å². The van der Waals surface area contributed by atoms with Gasteiger partial charge in [-0.2, -0.15) is 0 Å². The summed E-state index contributed by atoms with van der Waals surface area (Å²) in [7, 11) is 0. The Labute approximate surface area is 336 Å². The lowest BCUT2D eigenvalue weighted by atomic mass is 9.97. The van der Waals surface area contributed by atoms with Crippen molar-refractivity contribution < 1.29 is 0 Å². The van der Waals surface area contributed by atoms with Crippen LogP contribution in [0.25, 0.3) is 79.0 Å². The third-order valence-electron chi connectivity index (χ3n) is 11.3. The molecule has 268 valence electrons. The van der Waals surface area contributed by atoms with Gasteiger partial charge in [0.25, 0.3) is 0 Å². The Hall–Kier alpha value is -6.86. The first-order valence-electron chi connectivity index (χ1n) is 19.2. The molecule has 1 aliphatic rings. The molecule has 57 heavy (non-hydrogen) atoms. The van der Waals surface area contributed by atoms with E-state index in [-0.39, 0.29) is 6.17 Å². The van der Waals surface area contributed by atoms with Crippen molar-refractivity contribution in [1.82, 2.24) is 9.88 Å². The lowest BCUT2D eigenvalue weighted by Crippen LogP contribution is -2.33. The first kappa shape index (κ1) is 32.4. The summed E-state index contributed by atoms with van der Waals surface area (Å²) in [4.78, 5) is 10.6. The van der Waals surface area contributed by atoms with Crippen LogP contribution in [0.1, 0.15) is 22.9 Å². The van der Waals surface area contributed by atoms with Gasteiger partial charge in [-0.15, -0.1) is 22.7 Å². The van der Waals surface area contributed by atoms with Crippen LogP contribution in [0, 0.1) is 0 Å². The molecule has 4 nitrogen and oxygen atoms in total. The van der Waals surface area contributed by atoms with E-state index in [0.29, 0.717) is 0 Å². The summed E-state index contributed by atoms with van der Waals surface area (Å²) in [5.74, 6) is 1.55. The number of aromatic nitrogens is 1. The van der Waals surface area contributed by atoms with Crippen LogP contribution in [0.4, 0.5) is 0 Å². The van der Waals surface area contributed by atoms with Crippen LogP contribution in [0.15, 0.2) is 192 Å². The van der Waals surface area contributed by atoms with Crippen LogP contribution in [0.3, 0.4) is 0 Å². The SMILES string of the molecule is c1ccc(C2=NC(c3ccc4c(c3)sc3c(-c5cccc6c5c5ccccc5n6-c5ccccc5)cccc34)=NC(c3cccc4sc5ccccc5c34)N2)cc1. The smallest absolute Gasteiger partial charge is 0.159 e. The molecule has 11 aromatic rings. The van der Waals surface area contributed by atoms with Gasteiger partial charge in [0, 0.05) is 79.1 Å². The molecule has 4 heterocycles. The summed E-state index contributed by atoms with van der Waals surface area (Å²) >= 11 is 3.68. The number of hydrogen-bond acceptors (Lipinski definition) is 5. The lowest BCUT2D eigenvalue weighted by Gasteiger charge is -2.24. The number of hydrogen-bond donors (Lipinski definition) is 1. The quantitative estimate of drug-likeness (QED) is 0.186. The molecule has 0 aliphatic carbocycles. The van der Waals surface area contributed by atoms with Gasteiger partial charge >= 0.3 is 0 Å². The molecular formula is C51H32N4S2. The van der Waals surface area contributed by atoms with Crippen LogP contribution in [-0.4, -0.2) is 16.2 Å². The standard InChI is InChI=1S/C51H32N4S2/c1-3-14-31(15-4-1)49-52-50(54-51(53-49)40-23-13-27-44-47(40)39-19-8-10-26-43(39)56-44)32-28-29-34-36-21-11-22-37(48(36)57-45(34)30-32)35-20-12-25-42-46(35)38-18-7-9-24-41(38)55(42)33-16-5-2-6-17-33/h1-30,51H,(H,52,53,54). The molecule has 8 aromatic carbocycles. The fourth-order valence-corrected chi connectivity index (χ4v) is 11.2. The molecular weight excluding hydrogens is 733 g/mol. The molecule has 3 aromatic heterocycles. The molecule has 0 bridgehead atoms. The maximum Gasteiger partial charge on any atom is 0.159 e. The monoisotopic (exact) mass is 764 g/mol. The van der Waals surface area contributed by atoms with Crippen molar-refractivity contribution in [2.24, 2.45) is 9.98 Å². The highest BCUT2D eigenvalue weighted by Gasteiger charge is 2.25. The van der Waals surface area contributed by atoms with E-state index in [2.05, 4.69) is 186 Å². The second kappa shape index (κ2) is 12.8. The highest BCUT2D eigenvalue weighted by molar-refractivity contribution is 7.26. The minimum atomic E-state index is -0.308. The Bertz CT molecular complexity index is 3440. The number of benzene rings is 8. The zero-order valence-corrected chi connectivity index (χ0v) is 32.2. The Balaban J connectivity index is 1.03. The Kier molecular flexibility index (Phi) is 7.30. The zero-order valence-electron chi connectivity index (χ0n) is 30.6. The van der Waals surface area contributed by atoms with E-state index in [1.807, 2.05) is 28.7 Å². The van der Waals surface area contributed by atoms with Gasteiger partial charge in [0.1, 0.15) is 12.0 Å². The first-order valence-corrected chi connectivity index (χ1v) is 20.8. The molecule has 0 saturated heterocycles. The van der Waals surface area contributed by atoms with Crippen LogP contribution in [0.5, 0.6) is 0 Å². The van der Waals surface area contributed by atoms with Crippen LogP contribution >= 0.6 is 22.7 Å². The Morgan fingerprint density at radius 2 is 1.18 bits per heavy atom. The van der Waals surface area contributed by atoms with E-state index in [1.165, 1.54) is 73.3 Å². The van der Waals surface area contributed by atoms with Crippen molar-refractivity contribution in [1.29, 1.82) is 0 Å². The number of para-hydroxylation sites is 2. The summed E-state index contributed by atoms with van der Waals surface area (Å²) in [5, 5.41) is 11.3. The number of thiophene rings is 2. The van der Waals surface area contributed by atoms with Crippen LogP contribution < -0.4 is 5.32 Å². The third kappa shape index (κ3) is 5.11. The van der Waals surface area contributed by atoms with Crippen LogP contribution in [-0.2, 0) is 0 Å². The predicted molar refractivity (Wildman–Crippen MR) is 244 cm³/mol. The highest BCUT2D eigenvalue weighted by Crippen LogP contribution is 2.45. The van der Waals surface area contributed by atoms with Crippen molar-refractivity contribution in [2.45, 2.75) is 6.17 Å². The Morgan fingerprint density at radius 3 is 2.07 bits per heavy atom. The van der Waals surface area contributed by atoms with E-state index in [9.17, 15) is 0 Å². The minimum absolute atomic E-state index is 0.308. The summed E-state index contributed by atoms with van der Waals surface area (Å²) in [5.41, 5.74) is 9.26. The second-order valence-corrected chi connectivity index (χ2v) is 16.7. The van der Waals surface area contributed by atoms with Crippen molar-refractivity contribution in [3.05, 3.63) is 199 Å². The summed E-state index contributed by atoms with van der Waals surface area (Å²) in [6.45, 7) is 0. The highest BCUT2D eigenvalue weighted by atomic mass is 32.1. The number of fused-ring (bicyclic) bond motifs is 9.